The summed E-state index contributed by atoms with van der Waals surface area (Å²) >= 11 is 9.25. The van der Waals surface area contributed by atoms with Crippen molar-refractivity contribution in [2.24, 2.45) is 0 Å². The SMILES string of the molecule is Clc1ncc(Br)c(NC2CCc3ccccc32)n1. The van der Waals surface area contributed by atoms with E-state index in [9.17, 15) is 0 Å². The number of hydrogen-bond donors (Lipinski definition) is 1. The second-order valence-corrected chi connectivity index (χ2v) is 5.46. The van der Waals surface area contributed by atoms with Crippen LogP contribution in [0.5, 0.6) is 0 Å². The molecule has 0 aliphatic heterocycles. The number of aromatic nitrogens is 2. The first kappa shape index (κ1) is 11.9. The summed E-state index contributed by atoms with van der Waals surface area (Å²) in [6.45, 7) is 0. The Labute approximate surface area is 119 Å². The Hall–Kier alpha value is -1.13. The van der Waals surface area contributed by atoms with Crippen LogP contribution in [0.15, 0.2) is 34.9 Å². The number of rotatable bonds is 2. The molecule has 3 nitrogen and oxygen atoms in total. The maximum absolute atomic E-state index is 5.82. The van der Waals surface area contributed by atoms with Gasteiger partial charge in [-0.25, -0.2) is 4.98 Å². The predicted molar refractivity (Wildman–Crippen MR) is 75.9 cm³/mol. The first-order chi connectivity index (χ1) is 8.74. The zero-order valence-electron chi connectivity index (χ0n) is 9.53. The molecule has 18 heavy (non-hydrogen) atoms. The molecule has 0 saturated carbocycles. The Morgan fingerprint density at radius 3 is 3.06 bits per heavy atom. The van der Waals surface area contributed by atoms with Crippen LogP contribution in [-0.4, -0.2) is 9.97 Å². The Balaban J connectivity index is 1.88. The third kappa shape index (κ3) is 2.22. The topological polar surface area (TPSA) is 37.8 Å². The van der Waals surface area contributed by atoms with Gasteiger partial charge >= 0.3 is 0 Å². The van der Waals surface area contributed by atoms with Crippen molar-refractivity contribution >= 4 is 33.3 Å². The van der Waals surface area contributed by atoms with E-state index in [0.717, 1.165) is 23.1 Å². The summed E-state index contributed by atoms with van der Waals surface area (Å²) in [6, 6.07) is 8.79. The Kier molecular flexibility index (Phi) is 3.22. The first-order valence-electron chi connectivity index (χ1n) is 5.76. The fraction of sp³-hybridized carbons (Fsp3) is 0.231. The van der Waals surface area contributed by atoms with Gasteiger partial charge in [0, 0.05) is 6.20 Å². The molecule has 1 aromatic carbocycles. The molecule has 0 amide bonds. The monoisotopic (exact) mass is 323 g/mol. The number of anilines is 1. The standard InChI is InChI=1S/C13H11BrClN3/c14-10-7-16-13(15)18-12(10)17-11-6-5-8-3-1-2-4-9(8)11/h1-4,7,11H,5-6H2,(H,16,17,18). The number of aryl methyl sites for hydroxylation is 1. The van der Waals surface area contributed by atoms with Crippen LogP contribution in [0, 0.1) is 0 Å². The van der Waals surface area contributed by atoms with Gasteiger partial charge in [0.1, 0.15) is 5.82 Å². The second-order valence-electron chi connectivity index (χ2n) is 4.27. The Morgan fingerprint density at radius 2 is 2.17 bits per heavy atom. The van der Waals surface area contributed by atoms with E-state index in [2.05, 4.69) is 55.5 Å². The molecule has 92 valence electrons. The van der Waals surface area contributed by atoms with Gasteiger partial charge in [-0.3, -0.25) is 0 Å². The molecule has 1 atom stereocenters. The maximum atomic E-state index is 5.82. The minimum atomic E-state index is 0.256. The van der Waals surface area contributed by atoms with Gasteiger partial charge in [0.05, 0.1) is 10.5 Å². The largest absolute Gasteiger partial charge is 0.362 e. The highest BCUT2D eigenvalue weighted by Gasteiger charge is 2.22. The van der Waals surface area contributed by atoms with E-state index in [1.165, 1.54) is 11.1 Å². The van der Waals surface area contributed by atoms with Crippen LogP contribution >= 0.6 is 27.5 Å². The normalized spacial score (nSPS) is 17.6. The van der Waals surface area contributed by atoms with E-state index in [-0.39, 0.29) is 5.28 Å². The summed E-state index contributed by atoms with van der Waals surface area (Å²) in [5.74, 6) is 0.747. The van der Waals surface area contributed by atoms with Crippen LogP contribution in [0.1, 0.15) is 23.6 Å². The lowest BCUT2D eigenvalue weighted by atomic mass is 10.1. The molecule has 0 saturated heterocycles. The molecular weight excluding hydrogens is 314 g/mol. The molecular formula is C13H11BrClN3. The molecule has 0 fully saturated rings. The molecule has 1 unspecified atom stereocenters. The number of fused-ring (bicyclic) bond motifs is 1. The highest BCUT2D eigenvalue weighted by Crippen LogP contribution is 2.34. The summed E-state index contributed by atoms with van der Waals surface area (Å²) in [5, 5.41) is 3.68. The summed E-state index contributed by atoms with van der Waals surface area (Å²) in [7, 11) is 0. The van der Waals surface area contributed by atoms with Gasteiger partial charge in [0.25, 0.3) is 0 Å². The van der Waals surface area contributed by atoms with E-state index in [0.29, 0.717) is 6.04 Å². The van der Waals surface area contributed by atoms with Crippen molar-refractivity contribution in [3.05, 3.63) is 51.3 Å². The molecule has 1 aliphatic rings. The van der Waals surface area contributed by atoms with Gasteiger partial charge in [-0.05, 0) is 51.5 Å². The Bertz CT molecular complexity index is 588. The van der Waals surface area contributed by atoms with E-state index in [1.54, 1.807) is 6.20 Å². The van der Waals surface area contributed by atoms with Gasteiger partial charge in [-0.2, -0.15) is 4.98 Å². The van der Waals surface area contributed by atoms with Crippen molar-refractivity contribution in [3.63, 3.8) is 0 Å². The molecule has 1 heterocycles. The second kappa shape index (κ2) is 4.86. The van der Waals surface area contributed by atoms with Crippen LogP contribution in [0.2, 0.25) is 5.28 Å². The third-order valence-corrected chi connectivity index (χ3v) is 3.92. The van der Waals surface area contributed by atoms with Crippen LogP contribution in [-0.2, 0) is 6.42 Å². The summed E-state index contributed by atoms with van der Waals surface area (Å²) in [4.78, 5) is 8.13. The minimum absolute atomic E-state index is 0.256. The van der Waals surface area contributed by atoms with Gasteiger partial charge in [-0.1, -0.05) is 24.3 Å². The fourth-order valence-corrected chi connectivity index (χ4v) is 2.76. The highest BCUT2D eigenvalue weighted by molar-refractivity contribution is 9.10. The zero-order chi connectivity index (χ0) is 12.5. The fourth-order valence-electron chi connectivity index (χ4n) is 2.32. The van der Waals surface area contributed by atoms with Crippen LogP contribution in [0.3, 0.4) is 0 Å². The number of halogens is 2. The average Bonchev–Trinajstić information content (AvgIpc) is 2.78. The molecule has 0 spiro atoms. The molecule has 1 N–H and O–H groups in total. The number of hydrogen-bond acceptors (Lipinski definition) is 3. The van der Waals surface area contributed by atoms with Crippen LogP contribution in [0.4, 0.5) is 5.82 Å². The smallest absolute Gasteiger partial charge is 0.224 e. The lowest BCUT2D eigenvalue weighted by Gasteiger charge is -2.15. The van der Waals surface area contributed by atoms with Crippen LogP contribution < -0.4 is 5.32 Å². The lowest BCUT2D eigenvalue weighted by Crippen LogP contribution is -2.09. The third-order valence-electron chi connectivity index (χ3n) is 3.16. The summed E-state index contributed by atoms with van der Waals surface area (Å²) in [6.07, 6.45) is 3.84. The van der Waals surface area contributed by atoms with Crippen molar-refractivity contribution in [1.29, 1.82) is 0 Å². The number of nitrogens with zero attached hydrogens (tertiary/aromatic N) is 2. The molecule has 0 bridgehead atoms. The van der Waals surface area contributed by atoms with Gasteiger partial charge < -0.3 is 5.32 Å². The minimum Gasteiger partial charge on any atom is -0.362 e. The summed E-state index contributed by atoms with van der Waals surface area (Å²) in [5.41, 5.74) is 2.76. The first-order valence-corrected chi connectivity index (χ1v) is 6.93. The Morgan fingerprint density at radius 1 is 1.33 bits per heavy atom. The molecule has 5 heteroatoms. The van der Waals surface area contributed by atoms with Gasteiger partial charge in [0.15, 0.2) is 0 Å². The number of benzene rings is 1. The average molecular weight is 325 g/mol. The van der Waals surface area contributed by atoms with Gasteiger partial charge in [0.2, 0.25) is 5.28 Å². The molecule has 0 radical (unpaired) electrons. The van der Waals surface area contributed by atoms with E-state index < -0.39 is 0 Å². The van der Waals surface area contributed by atoms with Crippen molar-refractivity contribution < 1.29 is 0 Å². The quantitative estimate of drug-likeness (QED) is 0.849. The van der Waals surface area contributed by atoms with Crippen molar-refractivity contribution in [2.75, 3.05) is 5.32 Å². The number of nitrogens with one attached hydrogen (secondary N) is 1. The predicted octanol–water partition coefficient (Wildman–Crippen LogP) is 3.99. The van der Waals surface area contributed by atoms with E-state index >= 15 is 0 Å². The molecule has 1 aliphatic carbocycles. The van der Waals surface area contributed by atoms with Crippen molar-refractivity contribution in [3.8, 4) is 0 Å². The molecule has 3 rings (SSSR count). The van der Waals surface area contributed by atoms with E-state index in [4.69, 9.17) is 11.6 Å². The zero-order valence-corrected chi connectivity index (χ0v) is 11.9. The van der Waals surface area contributed by atoms with Crippen molar-refractivity contribution in [1.82, 2.24) is 9.97 Å². The molecule has 1 aromatic heterocycles. The molecule has 2 aromatic rings. The maximum Gasteiger partial charge on any atom is 0.224 e. The summed E-state index contributed by atoms with van der Waals surface area (Å²) < 4.78 is 0.830. The highest BCUT2D eigenvalue weighted by atomic mass is 79.9. The van der Waals surface area contributed by atoms with Crippen LogP contribution in [0.25, 0.3) is 0 Å². The van der Waals surface area contributed by atoms with E-state index in [1.807, 2.05) is 0 Å². The lowest BCUT2D eigenvalue weighted by molar-refractivity contribution is 0.755. The van der Waals surface area contributed by atoms with Crippen molar-refractivity contribution in [2.45, 2.75) is 18.9 Å². The van der Waals surface area contributed by atoms with Gasteiger partial charge in [-0.15, -0.1) is 0 Å².